The van der Waals surface area contributed by atoms with Crippen LogP contribution < -0.4 is 4.90 Å². The fraction of sp³-hybridized carbons (Fsp3) is 0.636. The molecule has 4 nitrogen and oxygen atoms in total. The van der Waals surface area contributed by atoms with Gasteiger partial charge in [-0.25, -0.2) is 0 Å². The molecule has 1 saturated heterocycles. The third-order valence-electron chi connectivity index (χ3n) is 3.23. The number of rotatable bonds is 2. The van der Waals surface area contributed by atoms with Crippen LogP contribution in [0.4, 0.5) is 5.82 Å². The Bertz CT molecular complexity index is 391. The lowest BCUT2D eigenvalue weighted by Gasteiger charge is -2.25. The maximum absolute atomic E-state index is 5.93. The average Bonchev–Trinajstić information content (AvgIpc) is 2.79. The fourth-order valence-electron chi connectivity index (χ4n) is 1.90. The fourth-order valence-corrected chi connectivity index (χ4v) is 2.08. The summed E-state index contributed by atoms with van der Waals surface area (Å²) in [5.74, 6) is 0.900. The summed E-state index contributed by atoms with van der Waals surface area (Å²) in [6, 6.07) is 0.397. The average molecular weight is 242 g/mol. The van der Waals surface area contributed by atoms with Crippen molar-refractivity contribution in [2.75, 3.05) is 25.2 Å². The van der Waals surface area contributed by atoms with Gasteiger partial charge in [-0.1, -0.05) is 11.6 Å². The number of hydrogen-bond donors (Lipinski definition) is 0. The topological polar surface area (TPSA) is 38.2 Å². The molecular formula is C11H16ClN3O. The largest absolute Gasteiger partial charge is 0.379 e. The zero-order valence-electron chi connectivity index (χ0n) is 9.83. The summed E-state index contributed by atoms with van der Waals surface area (Å²) in [6.07, 6.45) is 1.04. The Kier molecular flexibility index (Phi) is 3.30. The Hall–Kier alpha value is -0.870. The number of ether oxygens (including phenoxy) is 1. The lowest BCUT2D eigenvalue weighted by atomic mass is 10.1. The Morgan fingerprint density at radius 3 is 2.69 bits per heavy atom. The van der Waals surface area contributed by atoms with E-state index in [-0.39, 0.29) is 0 Å². The van der Waals surface area contributed by atoms with Crippen molar-refractivity contribution in [2.45, 2.75) is 26.3 Å². The summed E-state index contributed by atoms with van der Waals surface area (Å²) < 4.78 is 5.38. The van der Waals surface area contributed by atoms with E-state index in [4.69, 9.17) is 16.3 Å². The molecule has 0 bridgehead atoms. The van der Waals surface area contributed by atoms with Gasteiger partial charge in [-0.3, -0.25) is 0 Å². The van der Waals surface area contributed by atoms with Crippen LogP contribution in [0.3, 0.4) is 0 Å². The summed E-state index contributed by atoms with van der Waals surface area (Å²) in [5, 5.41) is 8.62. The van der Waals surface area contributed by atoms with Crippen molar-refractivity contribution in [1.29, 1.82) is 0 Å². The van der Waals surface area contributed by atoms with Crippen LogP contribution in [-0.4, -0.2) is 36.5 Å². The molecule has 1 aliphatic heterocycles. The minimum Gasteiger partial charge on any atom is -0.379 e. The molecule has 16 heavy (non-hydrogen) atoms. The Balaban J connectivity index is 2.29. The van der Waals surface area contributed by atoms with Gasteiger partial charge in [0, 0.05) is 13.7 Å². The van der Waals surface area contributed by atoms with E-state index in [1.807, 2.05) is 20.9 Å². The minimum atomic E-state index is 0.397. The van der Waals surface area contributed by atoms with Crippen molar-refractivity contribution in [3.63, 3.8) is 0 Å². The molecule has 1 unspecified atom stereocenters. The predicted octanol–water partition coefficient (Wildman–Crippen LogP) is 1.97. The van der Waals surface area contributed by atoms with Crippen LogP contribution in [-0.2, 0) is 4.74 Å². The molecule has 1 aromatic heterocycles. The van der Waals surface area contributed by atoms with Crippen LogP contribution in [0.5, 0.6) is 0 Å². The Morgan fingerprint density at radius 2 is 2.06 bits per heavy atom. The van der Waals surface area contributed by atoms with E-state index >= 15 is 0 Å². The normalized spacial score (nSPS) is 20.1. The van der Waals surface area contributed by atoms with Crippen LogP contribution in [0.15, 0.2) is 0 Å². The molecule has 0 N–H and O–H groups in total. The van der Waals surface area contributed by atoms with Crippen molar-refractivity contribution in [3.05, 3.63) is 16.3 Å². The van der Waals surface area contributed by atoms with E-state index in [0.29, 0.717) is 11.2 Å². The summed E-state index contributed by atoms with van der Waals surface area (Å²) in [7, 11) is 2.03. The molecule has 0 aliphatic carbocycles. The van der Waals surface area contributed by atoms with Gasteiger partial charge in [0.25, 0.3) is 0 Å². The van der Waals surface area contributed by atoms with Crippen LogP contribution in [0.2, 0.25) is 5.15 Å². The van der Waals surface area contributed by atoms with E-state index in [0.717, 1.165) is 36.6 Å². The van der Waals surface area contributed by atoms with Gasteiger partial charge >= 0.3 is 0 Å². The first-order valence-corrected chi connectivity index (χ1v) is 5.79. The van der Waals surface area contributed by atoms with Gasteiger partial charge < -0.3 is 9.64 Å². The van der Waals surface area contributed by atoms with Crippen LogP contribution in [0.1, 0.15) is 17.5 Å². The Morgan fingerprint density at radius 1 is 1.31 bits per heavy atom. The van der Waals surface area contributed by atoms with E-state index in [2.05, 4.69) is 15.1 Å². The molecule has 88 valence electrons. The smallest absolute Gasteiger partial charge is 0.155 e. The molecule has 5 heteroatoms. The molecule has 1 fully saturated rings. The molecule has 0 radical (unpaired) electrons. The minimum absolute atomic E-state index is 0.397. The molecule has 2 rings (SSSR count). The van der Waals surface area contributed by atoms with Crippen molar-refractivity contribution in [1.82, 2.24) is 10.2 Å². The number of hydrogen-bond acceptors (Lipinski definition) is 4. The van der Waals surface area contributed by atoms with E-state index in [1.54, 1.807) is 0 Å². The van der Waals surface area contributed by atoms with Crippen molar-refractivity contribution in [2.24, 2.45) is 0 Å². The summed E-state index contributed by atoms with van der Waals surface area (Å²) in [6.45, 7) is 5.58. The first-order chi connectivity index (χ1) is 7.61. The van der Waals surface area contributed by atoms with Crippen molar-refractivity contribution < 1.29 is 4.74 Å². The standard InChI is InChI=1S/C11H16ClN3O/c1-7-8(2)11(14-13-10(7)12)15(3)9-4-5-16-6-9/h9H,4-6H2,1-3H3. The maximum Gasteiger partial charge on any atom is 0.155 e. The predicted molar refractivity (Wildman–Crippen MR) is 64.1 cm³/mol. The van der Waals surface area contributed by atoms with Gasteiger partial charge in [0.1, 0.15) is 0 Å². The summed E-state index contributed by atoms with van der Waals surface area (Å²) >= 11 is 5.93. The van der Waals surface area contributed by atoms with E-state index in [1.165, 1.54) is 0 Å². The number of aromatic nitrogens is 2. The van der Waals surface area contributed by atoms with Gasteiger partial charge in [0.05, 0.1) is 12.6 Å². The number of nitrogens with zero attached hydrogens (tertiary/aromatic N) is 3. The highest BCUT2D eigenvalue weighted by atomic mass is 35.5. The second-order valence-corrected chi connectivity index (χ2v) is 4.55. The summed E-state index contributed by atoms with van der Waals surface area (Å²) in [4.78, 5) is 2.14. The second kappa shape index (κ2) is 4.55. The zero-order valence-corrected chi connectivity index (χ0v) is 10.6. The van der Waals surface area contributed by atoms with Gasteiger partial charge in [0.15, 0.2) is 11.0 Å². The van der Waals surface area contributed by atoms with Gasteiger partial charge in [-0.2, -0.15) is 0 Å². The SMILES string of the molecule is Cc1c(Cl)nnc(N(C)C2CCOC2)c1C. The van der Waals surface area contributed by atoms with Gasteiger partial charge in [-0.15, -0.1) is 10.2 Å². The highest BCUT2D eigenvalue weighted by Crippen LogP contribution is 2.25. The molecule has 2 heterocycles. The third-order valence-corrected chi connectivity index (χ3v) is 3.59. The lowest BCUT2D eigenvalue weighted by molar-refractivity contribution is 0.193. The Labute approximate surface area is 101 Å². The molecule has 0 aromatic carbocycles. The highest BCUT2D eigenvalue weighted by molar-refractivity contribution is 6.30. The number of halogens is 1. The molecule has 1 atom stereocenters. The van der Waals surface area contributed by atoms with Gasteiger partial charge in [-0.05, 0) is 31.4 Å². The summed E-state index contributed by atoms with van der Waals surface area (Å²) in [5.41, 5.74) is 2.09. The second-order valence-electron chi connectivity index (χ2n) is 4.19. The molecular weight excluding hydrogens is 226 g/mol. The quantitative estimate of drug-likeness (QED) is 0.794. The lowest BCUT2D eigenvalue weighted by Crippen LogP contribution is -2.33. The van der Waals surface area contributed by atoms with Crippen molar-refractivity contribution >= 4 is 17.4 Å². The number of likely N-dealkylation sites (N-methyl/N-ethyl adjacent to an activating group) is 1. The first kappa shape index (κ1) is 11.6. The van der Waals surface area contributed by atoms with Crippen LogP contribution in [0, 0.1) is 13.8 Å². The molecule has 0 saturated carbocycles. The molecule has 1 aliphatic rings. The highest BCUT2D eigenvalue weighted by Gasteiger charge is 2.23. The molecule has 0 spiro atoms. The van der Waals surface area contributed by atoms with Crippen molar-refractivity contribution in [3.8, 4) is 0 Å². The molecule has 0 amide bonds. The molecule has 1 aromatic rings. The van der Waals surface area contributed by atoms with E-state index in [9.17, 15) is 0 Å². The maximum atomic E-state index is 5.93. The third kappa shape index (κ3) is 1.99. The van der Waals surface area contributed by atoms with Crippen LogP contribution >= 0.6 is 11.6 Å². The number of anilines is 1. The van der Waals surface area contributed by atoms with Gasteiger partial charge in [0.2, 0.25) is 0 Å². The van der Waals surface area contributed by atoms with Crippen LogP contribution in [0.25, 0.3) is 0 Å². The monoisotopic (exact) mass is 241 g/mol. The first-order valence-electron chi connectivity index (χ1n) is 5.41. The zero-order chi connectivity index (χ0) is 11.7. The van der Waals surface area contributed by atoms with E-state index < -0.39 is 0 Å².